The Morgan fingerprint density at radius 3 is 2.23 bits per heavy atom. The SMILES string of the molecule is O=C1C(CCC(O)c2ccccc2F)C(c2ccc(-c3ccccc3S(=O)(=O)O)c(O)c2)N1c1ccccc1. The Balaban J connectivity index is 1.47. The lowest BCUT2D eigenvalue weighted by molar-refractivity contribution is -0.131. The number of benzene rings is 4. The number of rotatable bonds is 8. The molecule has 9 heteroatoms. The molecule has 0 radical (unpaired) electrons. The zero-order valence-electron chi connectivity index (χ0n) is 20.7. The first-order valence-corrected chi connectivity index (χ1v) is 13.8. The van der Waals surface area contributed by atoms with Crippen LogP contribution in [0.5, 0.6) is 5.75 Å². The second kappa shape index (κ2) is 10.6. The van der Waals surface area contributed by atoms with Crippen molar-refractivity contribution in [3.63, 3.8) is 0 Å². The van der Waals surface area contributed by atoms with Crippen molar-refractivity contribution < 1.29 is 32.4 Å². The highest BCUT2D eigenvalue weighted by atomic mass is 32.2. The first-order chi connectivity index (χ1) is 18.7. The molecule has 3 unspecified atom stereocenters. The van der Waals surface area contributed by atoms with Gasteiger partial charge < -0.3 is 15.1 Å². The van der Waals surface area contributed by atoms with Crippen molar-refractivity contribution in [1.82, 2.24) is 0 Å². The zero-order valence-corrected chi connectivity index (χ0v) is 21.5. The van der Waals surface area contributed by atoms with Crippen LogP contribution < -0.4 is 4.90 Å². The number of phenolic OH excluding ortho intramolecular Hbond substituents is 1. The maximum Gasteiger partial charge on any atom is 0.295 e. The molecule has 0 aliphatic carbocycles. The van der Waals surface area contributed by atoms with E-state index in [2.05, 4.69) is 0 Å². The van der Waals surface area contributed by atoms with Gasteiger partial charge in [-0.3, -0.25) is 9.35 Å². The highest BCUT2D eigenvalue weighted by molar-refractivity contribution is 7.86. The molecule has 1 saturated heterocycles. The fourth-order valence-electron chi connectivity index (χ4n) is 5.20. The third-order valence-electron chi connectivity index (χ3n) is 7.08. The largest absolute Gasteiger partial charge is 0.507 e. The number of aliphatic hydroxyl groups excluding tert-OH is 1. The summed E-state index contributed by atoms with van der Waals surface area (Å²) in [6.07, 6.45) is -0.656. The second-order valence-electron chi connectivity index (χ2n) is 9.46. The number of halogens is 1. The van der Waals surface area contributed by atoms with Gasteiger partial charge in [0, 0.05) is 22.4 Å². The van der Waals surface area contributed by atoms with Crippen LogP contribution in [0, 0.1) is 11.7 Å². The molecule has 1 aliphatic rings. The van der Waals surface area contributed by atoms with E-state index >= 15 is 0 Å². The monoisotopic (exact) mass is 547 g/mol. The molecule has 3 atom stereocenters. The number of carbonyl (C=O) groups is 1. The number of para-hydroxylation sites is 1. The Kier molecular flexibility index (Phi) is 7.22. The summed E-state index contributed by atoms with van der Waals surface area (Å²) in [6, 6.07) is 25.0. The van der Waals surface area contributed by atoms with Gasteiger partial charge in [0.15, 0.2) is 0 Å². The molecule has 0 saturated carbocycles. The number of nitrogens with zero attached hydrogens (tertiary/aromatic N) is 1. The maximum absolute atomic E-state index is 14.2. The van der Waals surface area contributed by atoms with E-state index in [4.69, 9.17) is 0 Å². The zero-order chi connectivity index (χ0) is 27.7. The van der Waals surface area contributed by atoms with Crippen LogP contribution in [-0.4, -0.2) is 29.1 Å². The summed E-state index contributed by atoms with van der Waals surface area (Å²) in [5, 5.41) is 21.6. The molecule has 7 nitrogen and oxygen atoms in total. The lowest BCUT2D eigenvalue weighted by atomic mass is 9.78. The van der Waals surface area contributed by atoms with Crippen LogP contribution >= 0.6 is 0 Å². The van der Waals surface area contributed by atoms with Gasteiger partial charge in [0.05, 0.1) is 18.1 Å². The van der Waals surface area contributed by atoms with Crippen LogP contribution in [0.4, 0.5) is 10.1 Å². The molecule has 5 rings (SSSR count). The number of hydrogen-bond donors (Lipinski definition) is 3. The van der Waals surface area contributed by atoms with E-state index in [1.54, 1.807) is 47.4 Å². The molecule has 1 fully saturated rings. The fourth-order valence-corrected chi connectivity index (χ4v) is 5.91. The summed E-state index contributed by atoms with van der Waals surface area (Å²) in [5.74, 6) is -1.44. The minimum atomic E-state index is -4.54. The average molecular weight is 548 g/mol. The number of hydrogen-bond acceptors (Lipinski definition) is 5. The summed E-state index contributed by atoms with van der Waals surface area (Å²) in [7, 11) is -4.54. The molecule has 4 aromatic rings. The number of aliphatic hydroxyl groups is 1. The number of amides is 1. The molecule has 0 bridgehead atoms. The molecule has 4 aromatic carbocycles. The van der Waals surface area contributed by atoms with Crippen molar-refractivity contribution in [2.24, 2.45) is 5.92 Å². The van der Waals surface area contributed by atoms with Gasteiger partial charge in [0.2, 0.25) is 5.91 Å². The Bertz CT molecular complexity index is 1630. The van der Waals surface area contributed by atoms with E-state index in [1.807, 2.05) is 18.2 Å². The van der Waals surface area contributed by atoms with E-state index in [0.29, 0.717) is 11.3 Å². The molecule has 1 amide bonds. The van der Waals surface area contributed by atoms with Crippen LogP contribution in [0.25, 0.3) is 11.1 Å². The maximum atomic E-state index is 14.2. The third kappa shape index (κ3) is 5.16. The Labute approximate surface area is 225 Å². The number of carbonyl (C=O) groups excluding carboxylic acids is 1. The van der Waals surface area contributed by atoms with Crippen LogP contribution in [0.3, 0.4) is 0 Å². The lowest BCUT2D eigenvalue weighted by Crippen LogP contribution is -2.55. The Morgan fingerprint density at radius 2 is 1.54 bits per heavy atom. The summed E-state index contributed by atoms with van der Waals surface area (Å²) in [6.45, 7) is 0. The van der Waals surface area contributed by atoms with Crippen molar-refractivity contribution in [3.8, 4) is 16.9 Å². The van der Waals surface area contributed by atoms with Gasteiger partial charge in [-0.2, -0.15) is 8.42 Å². The standard InChI is InChI=1S/C30H26FNO6S/c31-25-12-6-4-11-23(25)26(33)17-16-24-29(32(30(24)35)20-8-2-1-3-9-20)19-14-15-21(27(34)18-19)22-10-5-7-13-28(22)39(36,37)38/h1-15,18,24,26,29,33-34H,16-17H2,(H,36,37,38). The number of phenols is 1. The first kappa shape index (κ1) is 26.6. The van der Waals surface area contributed by atoms with Gasteiger partial charge in [-0.15, -0.1) is 0 Å². The highest BCUT2D eigenvalue weighted by Gasteiger charge is 2.48. The van der Waals surface area contributed by atoms with Crippen molar-refractivity contribution in [2.75, 3.05) is 4.90 Å². The molecule has 1 heterocycles. The molecular formula is C30H26FNO6S. The van der Waals surface area contributed by atoms with E-state index in [1.165, 1.54) is 36.4 Å². The smallest absolute Gasteiger partial charge is 0.295 e. The van der Waals surface area contributed by atoms with E-state index < -0.39 is 34.0 Å². The highest BCUT2D eigenvalue weighted by Crippen LogP contribution is 2.48. The van der Waals surface area contributed by atoms with E-state index in [9.17, 15) is 32.4 Å². The molecule has 1 aliphatic heterocycles. The summed E-state index contributed by atoms with van der Waals surface area (Å²) in [4.78, 5) is 14.6. The number of aromatic hydroxyl groups is 1. The summed E-state index contributed by atoms with van der Waals surface area (Å²) in [5.41, 5.74) is 1.78. The minimum absolute atomic E-state index is 0.137. The van der Waals surface area contributed by atoms with Gasteiger partial charge >= 0.3 is 0 Å². The van der Waals surface area contributed by atoms with Gasteiger partial charge in [-0.25, -0.2) is 4.39 Å². The Morgan fingerprint density at radius 1 is 0.872 bits per heavy atom. The number of anilines is 1. The molecule has 0 aromatic heterocycles. The minimum Gasteiger partial charge on any atom is -0.507 e. The molecule has 200 valence electrons. The number of β-lactam (4-membered cyclic amide) rings is 1. The molecule has 39 heavy (non-hydrogen) atoms. The lowest BCUT2D eigenvalue weighted by Gasteiger charge is -2.48. The van der Waals surface area contributed by atoms with Crippen molar-refractivity contribution >= 4 is 21.7 Å². The van der Waals surface area contributed by atoms with Crippen LogP contribution in [0.2, 0.25) is 0 Å². The predicted octanol–water partition coefficient (Wildman–Crippen LogP) is 5.66. The van der Waals surface area contributed by atoms with Crippen LogP contribution in [0.15, 0.2) is 102 Å². The normalized spacial score (nSPS) is 18.0. The predicted molar refractivity (Wildman–Crippen MR) is 144 cm³/mol. The van der Waals surface area contributed by atoms with E-state index in [-0.39, 0.29) is 46.1 Å². The van der Waals surface area contributed by atoms with Gasteiger partial charge in [0.1, 0.15) is 16.5 Å². The van der Waals surface area contributed by atoms with Gasteiger partial charge in [-0.05, 0) is 48.7 Å². The molecule has 3 N–H and O–H groups in total. The van der Waals surface area contributed by atoms with Crippen molar-refractivity contribution in [3.05, 3.63) is 114 Å². The quantitative estimate of drug-likeness (QED) is 0.194. The summed E-state index contributed by atoms with van der Waals surface area (Å²) >= 11 is 0. The molecule has 0 spiro atoms. The average Bonchev–Trinajstić information content (AvgIpc) is 2.92. The molecular weight excluding hydrogens is 521 g/mol. The van der Waals surface area contributed by atoms with Crippen LogP contribution in [-0.2, 0) is 14.9 Å². The van der Waals surface area contributed by atoms with Gasteiger partial charge in [-0.1, -0.05) is 66.7 Å². The first-order valence-electron chi connectivity index (χ1n) is 12.4. The van der Waals surface area contributed by atoms with Gasteiger partial charge in [0.25, 0.3) is 10.1 Å². The van der Waals surface area contributed by atoms with Crippen LogP contribution in [0.1, 0.15) is 36.1 Å². The van der Waals surface area contributed by atoms with E-state index in [0.717, 1.165) is 0 Å². The van der Waals surface area contributed by atoms with Crippen molar-refractivity contribution in [2.45, 2.75) is 29.9 Å². The summed E-state index contributed by atoms with van der Waals surface area (Å²) < 4.78 is 47.6. The fraction of sp³-hybridized carbons (Fsp3) is 0.167. The third-order valence-corrected chi connectivity index (χ3v) is 7.99. The second-order valence-corrected chi connectivity index (χ2v) is 10.8. The topological polar surface area (TPSA) is 115 Å². The Hall–Kier alpha value is -4.05. The van der Waals surface area contributed by atoms with Crippen molar-refractivity contribution in [1.29, 1.82) is 0 Å².